The van der Waals surface area contributed by atoms with Crippen molar-refractivity contribution >= 4 is 11.5 Å². The molecule has 3 rings (SSSR count). The summed E-state index contributed by atoms with van der Waals surface area (Å²) in [7, 11) is 0. The van der Waals surface area contributed by atoms with Crippen molar-refractivity contribution in [3.63, 3.8) is 0 Å². The predicted molar refractivity (Wildman–Crippen MR) is 68.8 cm³/mol. The molecule has 106 valence electrons. The largest absolute Gasteiger partial charge is 0.379 e. The molecule has 21 heavy (non-hydrogen) atoms. The number of nitrogen functional groups attached to an aromatic ring is 1. The number of aryl methyl sites for hydroxylation is 1. The molecule has 0 saturated heterocycles. The maximum atomic E-state index is 10.8. The van der Waals surface area contributed by atoms with Crippen LogP contribution in [-0.4, -0.2) is 25.4 Å². The molecule has 0 radical (unpaired) electrons. The molecule has 0 atom stereocenters. The Kier molecular flexibility index (Phi) is 2.83. The van der Waals surface area contributed by atoms with Crippen LogP contribution in [-0.2, 0) is 0 Å². The molecule has 1 aromatic carbocycles. The summed E-state index contributed by atoms with van der Waals surface area (Å²) in [5.74, 6) is 0.226. The summed E-state index contributed by atoms with van der Waals surface area (Å²) < 4.78 is 9.47. The van der Waals surface area contributed by atoms with Gasteiger partial charge in [-0.1, -0.05) is 11.2 Å². The third kappa shape index (κ3) is 2.18. The maximum Gasteiger partial charge on any atom is 0.284 e. The van der Waals surface area contributed by atoms with Crippen molar-refractivity contribution in [2.45, 2.75) is 6.92 Å². The number of hydrogen-bond donors (Lipinski definition) is 1. The molecular weight excluding hydrogens is 280 g/mol. The molecule has 0 unspecified atom stereocenters. The molecule has 0 fully saturated rings. The number of benzene rings is 1. The zero-order valence-electron chi connectivity index (χ0n) is 10.7. The SMILES string of the molecule is Cc1ccc([N+](=O)[O-])cc1-c1noc(-c2nonc2N)n1. The minimum absolute atomic E-state index is 0.0148. The van der Waals surface area contributed by atoms with Crippen molar-refractivity contribution in [1.82, 2.24) is 20.5 Å². The van der Waals surface area contributed by atoms with Crippen LogP contribution in [0.2, 0.25) is 0 Å². The first-order chi connectivity index (χ1) is 10.1. The molecule has 0 spiro atoms. The Bertz CT molecular complexity index is 824. The van der Waals surface area contributed by atoms with E-state index in [1.807, 2.05) is 0 Å². The molecule has 2 N–H and O–H groups in total. The minimum atomic E-state index is -0.497. The first-order valence-corrected chi connectivity index (χ1v) is 5.74. The van der Waals surface area contributed by atoms with Gasteiger partial charge in [0.2, 0.25) is 17.3 Å². The Morgan fingerprint density at radius 1 is 1.29 bits per heavy atom. The predicted octanol–water partition coefficient (Wildman–Crippen LogP) is 1.59. The van der Waals surface area contributed by atoms with Crippen LogP contribution in [0.5, 0.6) is 0 Å². The van der Waals surface area contributed by atoms with Gasteiger partial charge in [-0.2, -0.15) is 4.98 Å². The van der Waals surface area contributed by atoms with Gasteiger partial charge in [-0.25, -0.2) is 4.63 Å². The van der Waals surface area contributed by atoms with Gasteiger partial charge in [-0.05, 0) is 22.8 Å². The van der Waals surface area contributed by atoms with E-state index in [0.29, 0.717) is 5.56 Å². The van der Waals surface area contributed by atoms with Gasteiger partial charge in [0, 0.05) is 17.7 Å². The van der Waals surface area contributed by atoms with Crippen molar-refractivity contribution in [2.24, 2.45) is 0 Å². The number of rotatable bonds is 3. The Labute approximate surface area is 116 Å². The lowest BCUT2D eigenvalue weighted by Gasteiger charge is -1.99. The third-order valence-electron chi connectivity index (χ3n) is 2.82. The number of nitrogens with two attached hydrogens (primary N) is 1. The number of anilines is 1. The van der Waals surface area contributed by atoms with Crippen LogP contribution in [0.1, 0.15) is 5.56 Å². The molecule has 2 aromatic heterocycles. The average molecular weight is 288 g/mol. The fourth-order valence-corrected chi connectivity index (χ4v) is 1.74. The zero-order valence-corrected chi connectivity index (χ0v) is 10.7. The Balaban J connectivity index is 2.06. The highest BCUT2D eigenvalue weighted by molar-refractivity contribution is 5.67. The first-order valence-electron chi connectivity index (χ1n) is 5.74. The van der Waals surface area contributed by atoms with Crippen molar-refractivity contribution in [3.8, 4) is 23.0 Å². The highest BCUT2D eigenvalue weighted by Gasteiger charge is 2.20. The van der Waals surface area contributed by atoms with Gasteiger partial charge in [0.1, 0.15) is 0 Å². The van der Waals surface area contributed by atoms with Gasteiger partial charge in [-0.15, -0.1) is 0 Å². The number of nitro benzene ring substituents is 1. The molecule has 0 aliphatic rings. The summed E-state index contributed by atoms with van der Waals surface area (Å²) >= 11 is 0. The maximum absolute atomic E-state index is 10.8. The minimum Gasteiger partial charge on any atom is -0.379 e. The van der Waals surface area contributed by atoms with Gasteiger partial charge in [0.25, 0.3) is 11.6 Å². The number of nitro groups is 1. The molecule has 0 aliphatic heterocycles. The summed E-state index contributed by atoms with van der Waals surface area (Å²) in [5.41, 5.74) is 6.83. The van der Waals surface area contributed by atoms with E-state index in [9.17, 15) is 10.1 Å². The molecule has 10 nitrogen and oxygen atoms in total. The lowest BCUT2D eigenvalue weighted by Crippen LogP contribution is -1.92. The van der Waals surface area contributed by atoms with Crippen molar-refractivity contribution < 1.29 is 14.1 Å². The summed E-state index contributed by atoms with van der Waals surface area (Å²) in [6.45, 7) is 1.78. The Morgan fingerprint density at radius 2 is 2.10 bits per heavy atom. The van der Waals surface area contributed by atoms with Crippen molar-refractivity contribution in [2.75, 3.05) is 5.73 Å². The molecule has 10 heteroatoms. The lowest BCUT2D eigenvalue weighted by atomic mass is 10.1. The Hall–Kier alpha value is -3.30. The van der Waals surface area contributed by atoms with Gasteiger partial charge in [-0.3, -0.25) is 10.1 Å². The van der Waals surface area contributed by atoms with E-state index in [4.69, 9.17) is 10.3 Å². The van der Waals surface area contributed by atoms with Crippen LogP contribution in [0, 0.1) is 17.0 Å². The molecule has 3 aromatic rings. The zero-order chi connectivity index (χ0) is 15.0. The molecule has 0 amide bonds. The third-order valence-corrected chi connectivity index (χ3v) is 2.82. The monoisotopic (exact) mass is 288 g/mol. The molecule has 0 aliphatic carbocycles. The molecule has 2 heterocycles. The first kappa shape index (κ1) is 12.7. The van der Waals surface area contributed by atoms with Crippen LogP contribution >= 0.6 is 0 Å². The summed E-state index contributed by atoms with van der Waals surface area (Å²) in [6, 6.07) is 4.38. The van der Waals surface area contributed by atoms with Crippen LogP contribution in [0.25, 0.3) is 23.0 Å². The number of nitrogens with zero attached hydrogens (tertiary/aromatic N) is 5. The smallest absolute Gasteiger partial charge is 0.284 e. The molecule has 0 bridgehead atoms. The topological polar surface area (TPSA) is 147 Å². The van der Waals surface area contributed by atoms with Gasteiger partial charge in [0.15, 0.2) is 0 Å². The van der Waals surface area contributed by atoms with Crippen LogP contribution in [0.15, 0.2) is 27.4 Å². The number of aromatic nitrogens is 4. The molecular formula is C11H8N6O4. The van der Waals surface area contributed by atoms with Crippen LogP contribution < -0.4 is 5.73 Å². The van der Waals surface area contributed by atoms with E-state index in [1.54, 1.807) is 13.0 Å². The van der Waals surface area contributed by atoms with Crippen molar-refractivity contribution in [1.29, 1.82) is 0 Å². The van der Waals surface area contributed by atoms with E-state index in [2.05, 4.69) is 25.1 Å². The fourth-order valence-electron chi connectivity index (χ4n) is 1.74. The fraction of sp³-hybridized carbons (Fsp3) is 0.0909. The van der Waals surface area contributed by atoms with E-state index in [-0.39, 0.29) is 28.9 Å². The second kappa shape index (κ2) is 4.67. The quantitative estimate of drug-likeness (QED) is 0.560. The summed E-state index contributed by atoms with van der Waals surface area (Å²) in [4.78, 5) is 14.4. The summed E-state index contributed by atoms with van der Waals surface area (Å²) in [5, 5.41) is 21.5. The van der Waals surface area contributed by atoms with Gasteiger partial charge >= 0.3 is 0 Å². The normalized spacial score (nSPS) is 10.7. The van der Waals surface area contributed by atoms with Gasteiger partial charge in [0.05, 0.1) is 4.92 Å². The van der Waals surface area contributed by atoms with E-state index in [1.165, 1.54) is 12.1 Å². The second-order valence-corrected chi connectivity index (χ2v) is 4.18. The van der Waals surface area contributed by atoms with E-state index < -0.39 is 4.92 Å². The average Bonchev–Trinajstić information content (AvgIpc) is 3.07. The molecule has 0 saturated carbocycles. The van der Waals surface area contributed by atoms with Crippen LogP contribution in [0.3, 0.4) is 0 Å². The van der Waals surface area contributed by atoms with Gasteiger partial charge < -0.3 is 10.3 Å². The van der Waals surface area contributed by atoms with Crippen LogP contribution in [0.4, 0.5) is 11.5 Å². The number of non-ortho nitro benzene ring substituents is 1. The number of hydrogen-bond acceptors (Lipinski definition) is 9. The Morgan fingerprint density at radius 3 is 2.76 bits per heavy atom. The van der Waals surface area contributed by atoms with E-state index in [0.717, 1.165) is 5.56 Å². The second-order valence-electron chi connectivity index (χ2n) is 4.18. The van der Waals surface area contributed by atoms with Crippen molar-refractivity contribution in [3.05, 3.63) is 33.9 Å². The summed E-state index contributed by atoms with van der Waals surface area (Å²) in [6.07, 6.45) is 0. The van der Waals surface area contributed by atoms with E-state index >= 15 is 0 Å². The lowest BCUT2D eigenvalue weighted by molar-refractivity contribution is -0.384. The highest BCUT2D eigenvalue weighted by Crippen LogP contribution is 2.28. The highest BCUT2D eigenvalue weighted by atomic mass is 16.6. The standard InChI is InChI=1S/C11H8N6O4/c1-5-2-3-6(17(18)19)4-7(5)10-13-11(20-16-10)8-9(12)15-21-14-8/h2-4H,1H3,(H2,12,15).